The van der Waals surface area contributed by atoms with Crippen LogP contribution in [0.4, 0.5) is 0 Å². The highest BCUT2D eigenvalue weighted by Crippen LogP contribution is 2.15. The van der Waals surface area contributed by atoms with Gasteiger partial charge in [-0.05, 0) is 62.0 Å². The quantitative estimate of drug-likeness (QED) is 0.259. The van der Waals surface area contributed by atoms with E-state index in [9.17, 15) is 0 Å². The highest BCUT2D eigenvalue weighted by molar-refractivity contribution is 14.0. The second kappa shape index (κ2) is 13.6. The molecule has 0 heterocycles. The first-order valence-electron chi connectivity index (χ1n) is 8.18. The first-order valence-corrected chi connectivity index (χ1v) is 9.58. The number of rotatable bonds is 9. The van der Waals surface area contributed by atoms with Gasteiger partial charge in [0.15, 0.2) is 5.96 Å². The Bertz CT molecular complexity index is 477. The number of aryl methyl sites for hydroxylation is 2. The molecule has 0 atom stereocenters. The molecule has 1 rings (SSSR count). The fourth-order valence-corrected chi connectivity index (χ4v) is 2.87. The lowest BCUT2D eigenvalue weighted by atomic mass is 10.1. The van der Waals surface area contributed by atoms with Gasteiger partial charge in [0.2, 0.25) is 0 Å². The molecular weight excluding hydrogens is 433 g/mol. The Labute approximate surface area is 168 Å². The minimum absolute atomic E-state index is 0. The van der Waals surface area contributed by atoms with Gasteiger partial charge >= 0.3 is 0 Å². The molecule has 0 amide bonds. The van der Waals surface area contributed by atoms with Crippen LogP contribution in [0, 0.1) is 13.8 Å². The molecular formula is C18H32IN3OS. The number of halogens is 1. The van der Waals surface area contributed by atoms with E-state index in [2.05, 4.69) is 53.5 Å². The lowest BCUT2D eigenvalue weighted by Crippen LogP contribution is -2.41. The van der Waals surface area contributed by atoms with Gasteiger partial charge in [-0.3, -0.25) is 4.99 Å². The van der Waals surface area contributed by atoms with Crippen LogP contribution in [-0.2, 0) is 0 Å². The molecule has 0 bridgehead atoms. The fourth-order valence-electron chi connectivity index (χ4n) is 2.38. The predicted octanol–water partition coefficient (Wildman–Crippen LogP) is 3.95. The number of ether oxygens (including phenoxy) is 1. The van der Waals surface area contributed by atoms with Gasteiger partial charge in [-0.25, -0.2) is 0 Å². The molecule has 1 N–H and O–H groups in total. The van der Waals surface area contributed by atoms with E-state index in [0.29, 0.717) is 6.61 Å². The smallest absolute Gasteiger partial charge is 0.193 e. The molecule has 0 unspecified atom stereocenters. The van der Waals surface area contributed by atoms with Gasteiger partial charge in [-0.1, -0.05) is 6.07 Å². The number of hydrogen-bond acceptors (Lipinski definition) is 3. The van der Waals surface area contributed by atoms with Crippen molar-refractivity contribution in [2.75, 3.05) is 45.8 Å². The molecule has 24 heavy (non-hydrogen) atoms. The van der Waals surface area contributed by atoms with Gasteiger partial charge in [0.05, 0.1) is 6.54 Å². The van der Waals surface area contributed by atoms with Crippen molar-refractivity contribution in [2.45, 2.75) is 26.7 Å². The normalized spacial score (nSPS) is 11.0. The Kier molecular flexibility index (Phi) is 13.3. The zero-order chi connectivity index (χ0) is 17.1. The molecule has 0 radical (unpaired) electrons. The third-order valence-electron chi connectivity index (χ3n) is 3.52. The molecule has 4 nitrogen and oxygen atoms in total. The van der Waals surface area contributed by atoms with Crippen LogP contribution in [0.15, 0.2) is 23.2 Å². The fraction of sp³-hybridized carbons (Fsp3) is 0.611. The molecule has 0 aliphatic rings. The van der Waals surface area contributed by atoms with Gasteiger partial charge in [0.25, 0.3) is 0 Å². The molecule has 1 aromatic carbocycles. The van der Waals surface area contributed by atoms with E-state index in [4.69, 9.17) is 4.74 Å². The predicted molar refractivity (Wildman–Crippen MR) is 118 cm³/mol. The van der Waals surface area contributed by atoms with Crippen molar-refractivity contribution in [3.63, 3.8) is 0 Å². The summed E-state index contributed by atoms with van der Waals surface area (Å²) in [6.45, 7) is 6.60. The number of nitrogens with zero attached hydrogens (tertiary/aromatic N) is 2. The standard InChI is InChI=1S/C18H31N3OS.HI/c1-15-12-16(2)14-17(13-15)22-10-9-21(4)18(19-3)20-8-6-7-11-23-5;/h12-14H,6-11H2,1-5H3,(H,19,20);1H. The van der Waals surface area contributed by atoms with Crippen molar-refractivity contribution >= 4 is 41.7 Å². The van der Waals surface area contributed by atoms with E-state index in [1.807, 2.05) is 25.9 Å². The largest absolute Gasteiger partial charge is 0.492 e. The van der Waals surface area contributed by atoms with E-state index < -0.39 is 0 Å². The molecule has 138 valence electrons. The zero-order valence-corrected chi connectivity index (χ0v) is 18.7. The molecule has 6 heteroatoms. The minimum Gasteiger partial charge on any atom is -0.492 e. The molecule has 1 aromatic rings. The number of aliphatic imine (C=N–C) groups is 1. The number of unbranched alkanes of at least 4 members (excludes halogenated alkanes) is 1. The van der Waals surface area contributed by atoms with Crippen molar-refractivity contribution in [2.24, 2.45) is 4.99 Å². The molecule has 0 spiro atoms. The topological polar surface area (TPSA) is 36.9 Å². The first-order chi connectivity index (χ1) is 11.1. The van der Waals surface area contributed by atoms with Crippen LogP contribution in [0.2, 0.25) is 0 Å². The maximum atomic E-state index is 5.86. The Hall–Kier alpha value is -0.630. The number of benzene rings is 1. The maximum absolute atomic E-state index is 5.86. The number of nitrogens with one attached hydrogen (secondary N) is 1. The van der Waals surface area contributed by atoms with E-state index >= 15 is 0 Å². The lowest BCUT2D eigenvalue weighted by Gasteiger charge is -2.22. The second-order valence-corrected chi connectivity index (χ2v) is 6.75. The van der Waals surface area contributed by atoms with E-state index in [1.54, 1.807) is 0 Å². The highest BCUT2D eigenvalue weighted by Gasteiger charge is 2.05. The van der Waals surface area contributed by atoms with Crippen molar-refractivity contribution < 1.29 is 4.74 Å². The summed E-state index contributed by atoms with van der Waals surface area (Å²) >= 11 is 1.90. The van der Waals surface area contributed by atoms with Crippen LogP contribution in [0.25, 0.3) is 0 Å². The van der Waals surface area contributed by atoms with Crippen molar-refractivity contribution in [3.8, 4) is 5.75 Å². The van der Waals surface area contributed by atoms with Gasteiger partial charge in [0, 0.05) is 20.6 Å². The van der Waals surface area contributed by atoms with Crippen LogP contribution in [0.5, 0.6) is 5.75 Å². The van der Waals surface area contributed by atoms with Crippen molar-refractivity contribution in [1.29, 1.82) is 0 Å². The van der Waals surface area contributed by atoms with E-state index in [0.717, 1.165) is 24.8 Å². The van der Waals surface area contributed by atoms with Crippen molar-refractivity contribution in [1.82, 2.24) is 10.2 Å². The monoisotopic (exact) mass is 465 g/mol. The van der Waals surface area contributed by atoms with Crippen LogP contribution in [-0.4, -0.2) is 56.7 Å². The Morgan fingerprint density at radius 1 is 1.21 bits per heavy atom. The first kappa shape index (κ1) is 23.4. The summed E-state index contributed by atoms with van der Waals surface area (Å²) in [6.07, 6.45) is 4.56. The SMILES string of the molecule is CN=C(NCCCCSC)N(C)CCOc1cc(C)cc(C)c1.I. The van der Waals surface area contributed by atoms with Crippen LogP contribution in [0.3, 0.4) is 0 Å². The number of guanidine groups is 1. The third-order valence-corrected chi connectivity index (χ3v) is 4.22. The maximum Gasteiger partial charge on any atom is 0.193 e. The number of thioether (sulfide) groups is 1. The third kappa shape index (κ3) is 9.61. The van der Waals surface area contributed by atoms with E-state index in [-0.39, 0.29) is 24.0 Å². The summed E-state index contributed by atoms with van der Waals surface area (Å²) in [7, 11) is 3.87. The summed E-state index contributed by atoms with van der Waals surface area (Å²) in [5.74, 6) is 3.09. The summed E-state index contributed by atoms with van der Waals surface area (Å²) in [5.41, 5.74) is 2.46. The molecule has 0 aliphatic heterocycles. The average molecular weight is 465 g/mol. The molecule has 0 saturated carbocycles. The summed E-state index contributed by atoms with van der Waals surface area (Å²) in [6, 6.07) is 6.30. The molecule has 0 saturated heterocycles. The van der Waals surface area contributed by atoms with Crippen LogP contribution < -0.4 is 10.1 Å². The van der Waals surface area contributed by atoms with Gasteiger partial charge in [0.1, 0.15) is 12.4 Å². The minimum atomic E-state index is 0. The lowest BCUT2D eigenvalue weighted by molar-refractivity contribution is 0.281. The summed E-state index contributed by atoms with van der Waals surface area (Å²) in [4.78, 5) is 6.44. The van der Waals surface area contributed by atoms with Gasteiger partial charge < -0.3 is 15.0 Å². The average Bonchev–Trinajstić information content (AvgIpc) is 2.50. The highest BCUT2D eigenvalue weighted by atomic mass is 127. The zero-order valence-electron chi connectivity index (χ0n) is 15.6. The molecule has 0 aliphatic carbocycles. The summed E-state index contributed by atoms with van der Waals surface area (Å²) in [5, 5.41) is 3.41. The number of likely N-dealkylation sites (N-methyl/N-ethyl adjacent to an activating group) is 1. The van der Waals surface area contributed by atoms with Crippen molar-refractivity contribution in [3.05, 3.63) is 29.3 Å². The Balaban J connectivity index is 0.00000529. The Morgan fingerprint density at radius 3 is 2.46 bits per heavy atom. The van der Waals surface area contributed by atoms with Gasteiger partial charge in [-0.15, -0.1) is 24.0 Å². The molecule has 0 fully saturated rings. The Morgan fingerprint density at radius 2 is 1.88 bits per heavy atom. The summed E-state index contributed by atoms with van der Waals surface area (Å²) < 4.78 is 5.86. The van der Waals surface area contributed by atoms with Crippen LogP contribution in [0.1, 0.15) is 24.0 Å². The van der Waals surface area contributed by atoms with Gasteiger partial charge in [-0.2, -0.15) is 11.8 Å². The molecule has 0 aromatic heterocycles. The number of hydrogen-bond donors (Lipinski definition) is 1. The van der Waals surface area contributed by atoms with E-state index in [1.165, 1.54) is 29.7 Å². The van der Waals surface area contributed by atoms with Crippen LogP contribution >= 0.6 is 35.7 Å². The second-order valence-electron chi connectivity index (χ2n) is 5.77.